The number of rotatable bonds is 5. The molecule has 1 saturated heterocycles. The molecule has 7 heteroatoms. The fourth-order valence-electron chi connectivity index (χ4n) is 2.41. The van der Waals surface area contributed by atoms with Gasteiger partial charge in [0.15, 0.2) is 0 Å². The van der Waals surface area contributed by atoms with Crippen LogP contribution in [-0.4, -0.2) is 64.3 Å². The first-order chi connectivity index (χ1) is 11.5. The fourth-order valence-corrected chi connectivity index (χ4v) is 2.41. The number of methoxy groups -OCH3 is 2. The van der Waals surface area contributed by atoms with E-state index in [9.17, 15) is 9.59 Å². The third-order valence-corrected chi connectivity index (χ3v) is 3.88. The Morgan fingerprint density at radius 3 is 2.21 bits per heavy atom. The van der Waals surface area contributed by atoms with Gasteiger partial charge < -0.3 is 24.6 Å². The Morgan fingerprint density at radius 1 is 1.04 bits per heavy atom. The van der Waals surface area contributed by atoms with Crippen molar-refractivity contribution >= 4 is 23.3 Å². The maximum Gasteiger partial charge on any atom is 0.354 e. The molecule has 1 fully saturated rings. The van der Waals surface area contributed by atoms with E-state index in [0.29, 0.717) is 5.69 Å². The van der Waals surface area contributed by atoms with Crippen LogP contribution in [0.4, 0.5) is 11.4 Å². The molecule has 7 nitrogen and oxygen atoms in total. The Labute approximate surface area is 141 Å². The van der Waals surface area contributed by atoms with Crippen LogP contribution in [0.3, 0.4) is 0 Å². The Balaban J connectivity index is 2.07. The summed E-state index contributed by atoms with van der Waals surface area (Å²) in [6.07, 6.45) is 1.07. The Hall–Kier alpha value is -2.54. The standard InChI is InChI=1S/C17H23N3O4/c1-19-8-10-20(11-9-19)14-6-4-13(5-7-14)18-15(17(22)24-3)12-16(21)23-2/h4-7,12,18H,8-11H2,1-3H3/b15-12+. The van der Waals surface area contributed by atoms with Crippen LogP contribution in [-0.2, 0) is 19.1 Å². The molecular weight excluding hydrogens is 310 g/mol. The van der Waals surface area contributed by atoms with E-state index in [4.69, 9.17) is 0 Å². The van der Waals surface area contributed by atoms with Crippen molar-refractivity contribution in [2.24, 2.45) is 0 Å². The molecule has 0 aliphatic carbocycles. The summed E-state index contributed by atoms with van der Waals surface area (Å²) in [6.45, 7) is 4.04. The van der Waals surface area contributed by atoms with E-state index in [2.05, 4.69) is 31.6 Å². The zero-order valence-electron chi connectivity index (χ0n) is 14.2. The summed E-state index contributed by atoms with van der Waals surface area (Å²) >= 11 is 0. The zero-order chi connectivity index (χ0) is 17.5. The average Bonchev–Trinajstić information content (AvgIpc) is 2.61. The summed E-state index contributed by atoms with van der Waals surface area (Å²) in [4.78, 5) is 27.7. The fraction of sp³-hybridized carbons (Fsp3) is 0.412. The second kappa shape index (κ2) is 8.35. The van der Waals surface area contributed by atoms with Crippen molar-refractivity contribution in [1.29, 1.82) is 0 Å². The minimum Gasteiger partial charge on any atom is -0.466 e. The van der Waals surface area contributed by atoms with Crippen LogP contribution in [0, 0.1) is 0 Å². The number of hydrogen-bond donors (Lipinski definition) is 1. The SMILES string of the molecule is COC(=O)/C=C(/Nc1ccc(N2CCN(C)CC2)cc1)C(=O)OC. The first kappa shape index (κ1) is 17.8. The highest BCUT2D eigenvalue weighted by molar-refractivity contribution is 5.98. The van der Waals surface area contributed by atoms with E-state index in [-0.39, 0.29) is 5.70 Å². The zero-order valence-corrected chi connectivity index (χ0v) is 14.2. The van der Waals surface area contributed by atoms with E-state index in [1.54, 1.807) is 0 Å². The molecule has 0 bridgehead atoms. The Morgan fingerprint density at radius 2 is 1.67 bits per heavy atom. The molecule has 130 valence electrons. The van der Waals surface area contributed by atoms with Crippen LogP contribution in [0.2, 0.25) is 0 Å². The second-order valence-corrected chi connectivity index (χ2v) is 5.53. The van der Waals surface area contributed by atoms with Gasteiger partial charge in [-0.2, -0.15) is 0 Å². The van der Waals surface area contributed by atoms with Crippen LogP contribution in [0.25, 0.3) is 0 Å². The monoisotopic (exact) mass is 333 g/mol. The van der Waals surface area contributed by atoms with E-state index in [0.717, 1.165) is 37.9 Å². The van der Waals surface area contributed by atoms with Crippen molar-refractivity contribution in [3.8, 4) is 0 Å². The highest BCUT2D eigenvalue weighted by Crippen LogP contribution is 2.20. The van der Waals surface area contributed by atoms with Crippen LogP contribution < -0.4 is 10.2 Å². The lowest BCUT2D eigenvalue weighted by atomic mass is 10.2. The van der Waals surface area contributed by atoms with Gasteiger partial charge in [0.25, 0.3) is 0 Å². The lowest BCUT2D eigenvalue weighted by Crippen LogP contribution is -2.44. The van der Waals surface area contributed by atoms with Crippen LogP contribution in [0.1, 0.15) is 0 Å². The topological polar surface area (TPSA) is 71.1 Å². The summed E-state index contributed by atoms with van der Waals surface area (Å²) in [6, 6.07) is 7.70. The molecule has 24 heavy (non-hydrogen) atoms. The molecule has 1 aromatic rings. The van der Waals surface area contributed by atoms with Gasteiger partial charge in [0.2, 0.25) is 0 Å². The first-order valence-corrected chi connectivity index (χ1v) is 7.72. The number of piperazine rings is 1. The Bertz CT molecular complexity index is 605. The van der Waals surface area contributed by atoms with E-state index < -0.39 is 11.9 Å². The lowest BCUT2D eigenvalue weighted by Gasteiger charge is -2.34. The molecule has 1 heterocycles. The van der Waals surface area contributed by atoms with Crippen LogP contribution >= 0.6 is 0 Å². The van der Waals surface area contributed by atoms with E-state index in [1.165, 1.54) is 14.2 Å². The lowest BCUT2D eigenvalue weighted by molar-refractivity contribution is -0.138. The van der Waals surface area contributed by atoms with E-state index in [1.807, 2.05) is 24.3 Å². The molecule has 1 aromatic carbocycles. The number of esters is 2. The molecule has 1 aliphatic rings. The van der Waals surface area contributed by atoms with Gasteiger partial charge in [-0.3, -0.25) is 0 Å². The predicted molar refractivity (Wildman–Crippen MR) is 91.9 cm³/mol. The number of hydrogen-bond acceptors (Lipinski definition) is 7. The maximum atomic E-state index is 11.7. The summed E-state index contributed by atoms with van der Waals surface area (Å²) in [5.41, 5.74) is 1.84. The van der Waals surface area contributed by atoms with Crippen LogP contribution in [0.5, 0.6) is 0 Å². The number of benzene rings is 1. The normalized spacial score (nSPS) is 15.8. The van der Waals surface area contributed by atoms with Crippen molar-refractivity contribution in [3.05, 3.63) is 36.0 Å². The minimum atomic E-state index is -0.636. The number of nitrogens with zero attached hydrogens (tertiary/aromatic N) is 2. The molecule has 1 N–H and O–H groups in total. The third-order valence-electron chi connectivity index (χ3n) is 3.88. The van der Waals surface area contributed by atoms with Crippen molar-refractivity contribution in [2.45, 2.75) is 0 Å². The molecule has 0 radical (unpaired) electrons. The molecule has 0 atom stereocenters. The van der Waals surface area contributed by atoms with Gasteiger partial charge in [-0.25, -0.2) is 9.59 Å². The van der Waals surface area contributed by atoms with Crippen molar-refractivity contribution < 1.29 is 19.1 Å². The number of carbonyl (C=O) groups excluding carboxylic acids is 2. The Kier molecular flexibility index (Phi) is 6.20. The molecule has 0 aromatic heterocycles. The smallest absolute Gasteiger partial charge is 0.354 e. The van der Waals surface area contributed by atoms with Gasteiger partial charge in [0.1, 0.15) is 5.70 Å². The molecule has 1 aliphatic heterocycles. The molecular formula is C17H23N3O4. The predicted octanol–water partition coefficient (Wildman–Crippen LogP) is 1.08. The largest absolute Gasteiger partial charge is 0.466 e. The number of carbonyl (C=O) groups is 2. The highest BCUT2D eigenvalue weighted by Gasteiger charge is 2.15. The minimum absolute atomic E-state index is 0.0247. The van der Waals surface area contributed by atoms with Crippen molar-refractivity contribution in [1.82, 2.24) is 4.90 Å². The highest BCUT2D eigenvalue weighted by atomic mass is 16.5. The van der Waals surface area contributed by atoms with Crippen molar-refractivity contribution in [2.75, 3.05) is 57.7 Å². The van der Waals surface area contributed by atoms with Crippen LogP contribution in [0.15, 0.2) is 36.0 Å². The van der Waals surface area contributed by atoms with Gasteiger partial charge in [-0.05, 0) is 31.3 Å². The molecule has 0 unspecified atom stereocenters. The number of nitrogens with one attached hydrogen (secondary N) is 1. The van der Waals surface area contributed by atoms with Gasteiger partial charge in [-0.1, -0.05) is 0 Å². The van der Waals surface area contributed by atoms with Gasteiger partial charge >= 0.3 is 11.9 Å². The van der Waals surface area contributed by atoms with Crippen molar-refractivity contribution in [3.63, 3.8) is 0 Å². The average molecular weight is 333 g/mol. The second-order valence-electron chi connectivity index (χ2n) is 5.53. The maximum absolute atomic E-state index is 11.7. The van der Waals surface area contributed by atoms with E-state index >= 15 is 0 Å². The number of likely N-dealkylation sites (N-methyl/N-ethyl adjacent to an activating group) is 1. The number of ether oxygens (including phenoxy) is 2. The molecule has 0 amide bonds. The van der Waals surface area contributed by atoms with Gasteiger partial charge in [0.05, 0.1) is 20.3 Å². The summed E-state index contributed by atoms with van der Waals surface area (Å²) in [7, 11) is 4.62. The quantitative estimate of drug-likeness (QED) is 0.638. The summed E-state index contributed by atoms with van der Waals surface area (Å²) < 4.78 is 9.21. The molecule has 0 spiro atoms. The molecule has 2 rings (SSSR count). The number of anilines is 2. The third kappa shape index (κ3) is 4.73. The summed E-state index contributed by atoms with van der Waals surface area (Å²) in [5, 5.41) is 2.89. The first-order valence-electron chi connectivity index (χ1n) is 7.72. The van der Waals surface area contributed by atoms with Gasteiger partial charge in [0, 0.05) is 37.6 Å². The molecule has 0 saturated carbocycles. The summed E-state index contributed by atoms with van der Waals surface area (Å²) in [5.74, 6) is -1.26. The van der Waals surface area contributed by atoms with Gasteiger partial charge in [-0.15, -0.1) is 0 Å².